The molecule has 9 aromatic rings. The molecule has 0 radical (unpaired) electrons. The molecule has 0 spiro atoms. The average molecular weight is 640 g/mol. The van der Waals surface area contributed by atoms with E-state index in [1.807, 2.05) is 24.3 Å². The lowest BCUT2D eigenvalue weighted by molar-refractivity contribution is -0.369. The van der Waals surface area contributed by atoms with Gasteiger partial charge in [0.15, 0.2) is 0 Å². The van der Waals surface area contributed by atoms with E-state index >= 15 is 0 Å². The van der Waals surface area contributed by atoms with Crippen LogP contribution in [0.1, 0.15) is 0 Å². The third kappa shape index (κ3) is 4.90. The second-order valence-electron chi connectivity index (χ2n) is 12.5. The number of fused-ring (bicyclic) bond motifs is 6. The number of nitrogens with zero attached hydrogens (tertiary/aromatic N) is 4. The molecule has 0 fully saturated rings. The molecule has 3 aromatic heterocycles. The second-order valence-corrected chi connectivity index (χ2v) is 12.5. The van der Waals surface area contributed by atoms with Crippen molar-refractivity contribution in [2.45, 2.75) is 13.1 Å². The SMILES string of the molecule is NCCn1c2ccccc2c2cc(-c3ccc(-c4nnc(-c5ccc(-c6ccc7c(c6)c6ccccc6n7CC[NH3+])cc5)o4)cc3)ccc21. The molecule has 0 unspecified atom stereocenters. The zero-order chi connectivity index (χ0) is 32.9. The molecule has 0 aliphatic rings. The molecule has 0 saturated carbocycles. The molecule has 0 aliphatic heterocycles. The molecule has 7 nitrogen and oxygen atoms in total. The zero-order valence-corrected chi connectivity index (χ0v) is 27.0. The molecular formula is C42H35N6O+. The molecule has 49 heavy (non-hydrogen) atoms. The van der Waals surface area contributed by atoms with E-state index in [9.17, 15) is 0 Å². The number of hydrogen-bond donors (Lipinski definition) is 2. The normalized spacial score (nSPS) is 11.8. The van der Waals surface area contributed by atoms with E-state index in [1.54, 1.807) is 0 Å². The summed E-state index contributed by atoms with van der Waals surface area (Å²) in [7, 11) is 0. The van der Waals surface area contributed by atoms with Crippen LogP contribution in [0.4, 0.5) is 0 Å². The Morgan fingerprint density at radius 1 is 0.469 bits per heavy atom. The zero-order valence-electron chi connectivity index (χ0n) is 27.0. The van der Waals surface area contributed by atoms with Crippen molar-refractivity contribution in [3.8, 4) is 45.2 Å². The monoisotopic (exact) mass is 639 g/mol. The van der Waals surface area contributed by atoms with Gasteiger partial charge in [0.05, 0.1) is 13.1 Å². The number of hydrogen-bond acceptors (Lipinski definition) is 4. The van der Waals surface area contributed by atoms with Crippen LogP contribution < -0.4 is 11.5 Å². The van der Waals surface area contributed by atoms with Crippen molar-refractivity contribution < 1.29 is 10.2 Å². The summed E-state index contributed by atoms with van der Waals surface area (Å²) in [5.74, 6) is 0.992. The van der Waals surface area contributed by atoms with Gasteiger partial charge in [-0.15, -0.1) is 10.2 Å². The van der Waals surface area contributed by atoms with E-state index in [0.717, 1.165) is 47.5 Å². The lowest BCUT2D eigenvalue weighted by atomic mass is 10.0. The Kier molecular flexibility index (Phi) is 7.08. The van der Waals surface area contributed by atoms with Crippen molar-refractivity contribution in [3.63, 3.8) is 0 Å². The Bertz CT molecular complexity index is 2440. The van der Waals surface area contributed by atoms with E-state index in [2.05, 4.69) is 134 Å². The highest BCUT2D eigenvalue weighted by Crippen LogP contribution is 2.35. The Morgan fingerprint density at radius 3 is 1.35 bits per heavy atom. The van der Waals surface area contributed by atoms with E-state index in [4.69, 9.17) is 10.2 Å². The molecule has 0 atom stereocenters. The summed E-state index contributed by atoms with van der Waals surface area (Å²) in [6.07, 6.45) is 0. The largest absolute Gasteiger partial charge is 0.416 e. The number of para-hydroxylation sites is 2. The molecule has 9 rings (SSSR count). The minimum Gasteiger partial charge on any atom is -0.416 e. The Hall–Kier alpha value is -6.02. The fourth-order valence-electron chi connectivity index (χ4n) is 7.30. The van der Waals surface area contributed by atoms with Crippen LogP contribution in [0, 0.1) is 0 Å². The summed E-state index contributed by atoms with van der Waals surface area (Å²) in [5.41, 5.74) is 21.3. The van der Waals surface area contributed by atoms with Gasteiger partial charge < -0.3 is 25.0 Å². The number of benzene rings is 6. The number of aromatic nitrogens is 4. The van der Waals surface area contributed by atoms with Gasteiger partial charge in [-0.05, 0) is 82.9 Å². The number of nitrogens with two attached hydrogens (primary N) is 1. The maximum absolute atomic E-state index is 6.17. The van der Waals surface area contributed by atoms with Gasteiger partial charge in [0.1, 0.15) is 0 Å². The van der Waals surface area contributed by atoms with Crippen LogP contribution in [0.2, 0.25) is 0 Å². The standard InChI is InChI=1S/C42H34N6O/c43-21-23-47-37-7-3-1-5-33(37)35-25-31(17-19-39(35)47)27-9-13-29(14-10-27)41-45-46-42(49-41)30-15-11-28(12-16-30)32-18-20-40-36(26-32)34-6-2-4-8-38(34)48(40)24-22-44/h1-20,25-26H,21-24,43-44H2/p+1. The highest BCUT2D eigenvalue weighted by Gasteiger charge is 2.15. The van der Waals surface area contributed by atoms with Crippen LogP contribution in [0.5, 0.6) is 0 Å². The van der Waals surface area contributed by atoms with Gasteiger partial charge in [-0.25, -0.2) is 0 Å². The highest BCUT2D eigenvalue weighted by molar-refractivity contribution is 6.10. The van der Waals surface area contributed by atoms with E-state index in [-0.39, 0.29) is 0 Å². The predicted octanol–water partition coefficient (Wildman–Crippen LogP) is 8.15. The minimum absolute atomic E-state index is 0.495. The molecule has 7 heteroatoms. The molecule has 5 N–H and O–H groups in total. The summed E-state index contributed by atoms with van der Waals surface area (Å²) in [6.45, 7) is 3.13. The molecule has 0 saturated heterocycles. The van der Waals surface area contributed by atoms with Crippen LogP contribution in [0.25, 0.3) is 88.8 Å². The van der Waals surface area contributed by atoms with Crippen molar-refractivity contribution in [1.29, 1.82) is 0 Å². The molecule has 3 heterocycles. The van der Waals surface area contributed by atoms with E-state index in [0.29, 0.717) is 18.3 Å². The molecule has 0 amide bonds. The number of rotatable bonds is 8. The molecule has 0 aliphatic carbocycles. The molecule has 6 aromatic carbocycles. The van der Waals surface area contributed by atoms with Crippen molar-refractivity contribution in [3.05, 3.63) is 133 Å². The first-order valence-corrected chi connectivity index (χ1v) is 16.8. The Labute approximate surface area is 283 Å². The third-order valence-electron chi connectivity index (χ3n) is 9.63. The minimum atomic E-state index is 0.495. The van der Waals surface area contributed by atoms with Gasteiger partial charge in [0, 0.05) is 67.8 Å². The van der Waals surface area contributed by atoms with Crippen LogP contribution in [-0.4, -0.2) is 32.4 Å². The first-order chi connectivity index (χ1) is 24.2. The molecular weight excluding hydrogens is 605 g/mol. The van der Waals surface area contributed by atoms with Crippen molar-refractivity contribution in [2.75, 3.05) is 13.1 Å². The lowest BCUT2D eigenvalue weighted by Crippen LogP contribution is -2.51. The van der Waals surface area contributed by atoms with Gasteiger partial charge >= 0.3 is 0 Å². The van der Waals surface area contributed by atoms with Crippen LogP contribution in [0.3, 0.4) is 0 Å². The summed E-state index contributed by atoms with van der Waals surface area (Å²) in [6, 6.07) is 47.1. The second kappa shape index (κ2) is 11.9. The van der Waals surface area contributed by atoms with Crippen LogP contribution in [-0.2, 0) is 13.1 Å². The smallest absolute Gasteiger partial charge is 0.248 e. The topological polar surface area (TPSA) is 102 Å². The van der Waals surface area contributed by atoms with E-state index < -0.39 is 0 Å². The van der Waals surface area contributed by atoms with Crippen LogP contribution >= 0.6 is 0 Å². The maximum Gasteiger partial charge on any atom is 0.248 e. The average Bonchev–Trinajstić information content (AvgIpc) is 3.86. The van der Waals surface area contributed by atoms with Gasteiger partial charge in [0.2, 0.25) is 11.8 Å². The summed E-state index contributed by atoms with van der Waals surface area (Å²) in [5, 5.41) is 13.8. The third-order valence-corrected chi connectivity index (χ3v) is 9.63. The predicted molar refractivity (Wildman–Crippen MR) is 199 cm³/mol. The summed E-state index contributed by atoms with van der Waals surface area (Å²) < 4.78 is 10.8. The fraction of sp³-hybridized carbons (Fsp3) is 0.0952. The highest BCUT2D eigenvalue weighted by atomic mass is 16.4. The van der Waals surface area contributed by atoms with Gasteiger partial charge in [-0.1, -0.05) is 72.8 Å². The van der Waals surface area contributed by atoms with Gasteiger partial charge in [-0.3, -0.25) is 0 Å². The van der Waals surface area contributed by atoms with Crippen molar-refractivity contribution in [1.82, 2.24) is 19.3 Å². The maximum atomic E-state index is 6.17. The summed E-state index contributed by atoms with van der Waals surface area (Å²) in [4.78, 5) is 0. The molecule has 0 bridgehead atoms. The lowest BCUT2D eigenvalue weighted by Gasteiger charge is -2.06. The molecule has 238 valence electrons. The first-order valence-electron chi connectivity index (χ1n) is 16.8. The fourth-order valence-corrected chi connectivity index (χ4v) is 7.30. The number of quaternary nitrogens is 1. The van der Waals surface area contributed by atoms with Crippen LogP contribution in [0.15, 0.2) is 138 Å². The van der Waals surface area contributed by atoms with E-state index in [1.165, 1.54) is 49.2 Å². The Balaban J connectivity index is 0.970. The van der Waals surface area contributed by atoms with Crippen molar-refractivity contribution in [2.24, 2.45) is 5.73 Å². The van der Waals surface area contributed by atoms with Gasteiger partial charge in [0.25, 0.3) is 0 Å². The van der Waals surface area contributed by atoms with Crippen molar-refractivity contribution >= 4 is 43.6 Å². The Morgan fingerprint density at radius 2 is 0.878 bits per heavy atom. The van der Waals surface area contributed by atoms with Gasteiger partial charge in [-0.2, -0.15) is 0 Å². The quantitative estimate of drug-likeness (QED) is 0.175. The summed E-state index contributed by atoms with van der Waals surface area (Å²) >= 11 is 0. The first kappa shape index (κ1) is 29.1.